The SMILES string of the molecule is CCN(CC)C(=O)COC(=O)c1ccc2c(c1[N+](=O)[O-])C(=O)c1ccccc1C2=O. The van der Waals surface area contributed by atoms with E-state index in [1.54, 1.807) is 19.9 Å². The predicted molar refractivity (Wildman–Crippen MR) is 105 cm³/mol. The first-order valence-electron chi connectivity index (χ1n) is 9.26. The number of carbonyl (C=O) groups excluding carboxylic acids is 4. The summed E-state index contributed by atoms with van der Waals surface area (Å²) in [7, 11) is 0. The number of nitrogens with zero attached hydrogens (tertiary/aromatic N) is 2. The molecule has 0 saturated heterocycles. The Kier molecular flexibility index (Phi) is 5.72. The smallest absolute Gasteiger partial charge is 0.345 e. The van der Waals surface area contributed by atoms with Gasteiger partial charge in [0.05, 0.1) is 4.92 Å². The maximum Gasteiger partial charge on any atom is 0.345 e. The largest absolute Gasteiger partial charge is 0.452 e. The lowest BCUT2D eigenvalue weighted by molar-refractivity contribution is -0.385. The quantitative estimate of drug-likeness (QED) is 0.347. The third-order valence-corrected chi connectivity index (χ3v) is 4.91. The van der Waals surface area contributed by atoms with Crippen LogP contribution in [0, 0.1) is 10.1 Å². The standard InChI is InChI=1S/C21H18N2O7/c1-3-22(4-2)16(24)11-30-21(27)15-10-9-14-17(18(15)23(28)29)20(26)13-8-6-5-7-12(13)19(14)25/h5-10H,3-4,11H2,1-2H3. The zero-order valence-electron chi connectivity index (χ0n) is 16.3. The fourth-order valence-corrected chi connectivity index (χ4v) is 3.40. The van der Waals surface area contributed by atoms with Crippen LogP contribution in [0.5, 0.6) is 0 Å². The second-order valence-electron chi connectivity index (χ2n) is 6.49. The van der Waals surface area contributed by atoms with Crippen molar-refractivity contribution in [2.24, 2.45) is 0 Å². The Hall–Kier alpha value is -3.88. The van der Waals surface area contributed by atoms with Crippen LogP contribution in [0.1, 0.15) is 56.0 Å². The van der Waals surface area contributed by atoms with Gasteiger partial charge in [0, 0.05) is 29.8 Å². The van der Waals surface area contributed by atoms with Gasteiger partial charge in [0.2, 0.25) is 5.78 Å². The zero-order chi connectivity index (χ0) is 22.0. The van der Waals surface area contributed by atoms with Crippen LogP contribution in [0.15, 0.2) is 36.4 Å². The highest BCUT2D eigenvalue weighted by Gasteiger charge is 2.39. The molecule has 154 valence electrons. The van der Waals surface area contributed by atoms with Gasteiger partial charge in [-0.15, -0.1) is 0 Å². The summed E-state index contributed by atoms with van der Waals surface area (Å²) >= 11 is 0. The lowest BCUT2D eigenvalue weighted by Gasteiger charge is -2.19. The molecular weight excluding hydrogens is 392 g/mol. The van der Waals surface area contributed by atoms with Crippen molar-refractivity contribution < 1.29 is 28.8 Å². The highest BCUT2D eigenvalue weighted by molar-refractivity contribution is 6.30. The molecule has 0 spiro atoms. The van der Waals surface area contributed by atoms with Crippen LogP contribution < -0.4 is 0 Å². The van der Waals surface area contributed by atoms with Gasteiger partial charge in [0.25, 0.3) is 11.6 Å². The lowest BCUT2D eigenvalue weighted by atomic mass is 9.82. The number of nitro benzene ring substituents is 1. The van der Waals surface area contributed by atoms with E-state index in [2.05, 4.69) is 0 Å². The van der Waals surface area contributed by atoms with Crippen LogP contribution >= 0.6 is 0 Å². The highest BCUT2D eigenvalue weighted by Crippen LogP contribution is 2.35. The molecule has 0 aromatic heterocycles. The van der Waals surface area contributed by atoms with E-state index in [1.165, 1.54) is 29.2 Å². The van der Waals surface area contributed by atoms with Gasteiger partial charge in [-0.3, -0.25) is 24.5 Å². The molecule has 0 fully saturated rings. The molecule has 2 aromatic carbocycles. The number of ketones is 2. The first-order valence-corrected chi connectivity index (χ1v) is 9.26. The van der Waals surface area contributed by atoms with E-state index in [-0.39, 0.29) is 16.7 Å². The van der Waals surface area contributed by atoms with E-state index in [0.29, 0.717) is 13.1 Å². The number of hydrogen-bond acceptors (Lipinski definition) is 7. The monoisotopic (exact) mass is 410 g/mol. The van der Waals surface area contributed by atoms with Crippen molar-refractivity contribution in [1.29, 1.82) is 0 Å². The van der Waals surface area contributed by atoms with Crippen molar-refractivity contribution in [3.05, 3.63) is 74.3 Å². The molecule has 0 aliphatic heterocycles. The van der Waals surface area contributed by atoms with E-state index in [0.717, 1.165) is 6.07 Å². The van der Waals surface area contributed by atoms with Crippen molar-refractivity contribution in [3.8, 4) is 0 Å². The van der Waals surface area contributed by atoms with Crippen LogP contribution in [0.3, 0.4) is 0 Å². The Balaban J connectivity index is 2.01. The number of amides is 1. The molecule has 1 aliphatic carbocycles. The van der Waals surface area contributed by atoms with Crippen molar-refractivity contribution >= 4 is 29.1 Å². The summed E-state index contributed by atoms with van der Waals surface area (Å²) in [4.78, 5) is 62.5. The first kappa shape index (κ1) is 20.8. The van der Waals surface area contributed by atoms with Gasteiger partial charge in [-0.05, 0) is 26.0 Å². The molecular formula is C21H18N2O7. The van der Waals surface area contributed by atoms with Crippen LogP contribution in [0.4, 0.5) is 5.69 Å². The molecule has 0 unspecified atom stereocenters. The van der Waals surface area contributed by atoms with Gasteiger partial charge in [-0.25, -0.2) is 4.79 Å². The van der Waals surface area contributed by atoms with E-state index in [1.807, 2.05) is 0 Å². The second-order valence-corrected chi connectivity index (χ2v) is 6.49. The summed E-state index contributed by atoms with van der Waals surface area (Å²) in [6.45, 7) is 3.77. The normalized spacial score (nSPS) is 12.1. The van der Waals surface area contributed by atoms with Crippen molar-refractivity contribution in [2.75, 3.05) is 19.7 Å². The van der Waals surface area contributed by atoms with E-state index < -0.39 is 51.8 Å². The summed E-state index contributed by atoms with van der Waals surface area (Å²) in [6, 6.07) is 8.25. The number of benzene rings is 2. The van der Waals surface area contributed by atoms with Gasteiger partial charge in [0.15, 0.2) is 12.4 Å². The minimum Gasteiger partial charge on any atom is -0.452 e. The van der Waals surface area contributed by atoms with E-state index in [4.69, 9.17) is 4.74 Å². The number of carbonyl (C=O) groups is 4. The molecule has 9 nitrogen and oxygen atoms in total. The Morgan fingerprint density at radius 3 is 2.13 bits per heavy atom. The fraction of sp³-hybridized carbons (Fsp3) is 0.238. The molecule has 2 aromatic rings. The Bertz CT molecular complexity index is 1090. The number of hydrogen-bond donors (Lipinski definition) is 0. The maximum atomic E-state index is 12.9. The van der Waals surface area contributed by atoms with Crippen LogP contribution in [-0.4, -0.2) is 53.0 Å². The van der Waals surface area contributed by atoms with Crippen molar-refractivity contribution in [3.63, 3.8) is 0 Å². The average Bonchev–Trinajstić information content (AvgIpc) is 2.75. The maximum absolute atomic E-state index is 12.9. The number of likely N-dealkylation sites (N-methyl/N-ethyl adjacent to an activating group) is 1. The summed E-state index contributed by atoms with van der Waals surface area (Å²) < 4.78 is 4.96. The minimum atomic E-state index is -1.12. The third-order valence-electron chi connectivity index (χ3n) is 4.91. The van der Waals surface area contributed by atoms with Gasteiger partial charge in [0.1, 0.15) is 11.1 Å². The van der Waals surface area contributed by atoms with Crippen molar-refractivity contribution in [1.82, 2.24) is 4.90 Å². The number of nitro groups is 1. The molecule has 0 heterocycles. The molecule has 1 aliphatic rings. The van der Waals surface area contributed by atoms with E-state index in [9.17, 15) is 29.3 Å². The lowest BCUT2D eigenvalue weighted by Crippen LogP contribution is -2.34. The molecule has 0 radical (unpaired) electrons. The van der Waals surface area contributed by atoms with Crippen LogP contribution in [-0.2, 0) is 9.53 Å². The number of esters is 1. The van der Waals surface area contributed by atoms with Gasteiger partial charge in [-0.2, -0.15) is 0 Å². The Morgan fingerprint density at radius 1 is 0.967 bits per heavy atom. The number of ether oxygens (including phenoxy) is 1. The minimum absolute atomic E-state index is 0.0281. The molecule has 0 saturated carbocycles. The van der Waals surface area contributed by atoms with Gasteiger partial charge < -0.3 is 9.64 Å². The van der Waals surface area contributed by atoms with Crippen molar-refractivity contribution in [2.45, 2.75) is 13.8 Å². The Labute approximate surface area is 171 Å². The third kappa shape index (κ3) is 3.45. The average molecular weight is 410 g/mol. The van der Waals surface area contributed by atoms with E-state index >= 15 is 0 Å². The molecule has 1 amide bonds. The highest BCUT2D eigenvalue weighted by atomic mass is 16.6. The molecule has 3 rings (SSSR count). The number of fused-ring (bicyclic) bond motifs is 2. The van der Waals surface area contributed by atoms with Crippen LogP contribution in [0.25, 0.3) is 0 Å². The Morgan fingerprint density at radius 2 is 1.57 bits per heavy atom. The van der Waals surface area contributed by atoms with Crippen LogP contribution in [0.2, 0.25) is 0 Å². The summed E-state index contributed by atoms with van der Waals surface area (Å²) in [5.41, 5.74) is -1.73. The second kappa shape index (κ2) is 8.24. The molecule has 0 atom stereocenters. The predicted octanol–water partition coefficient (Wildman–Crippen LogP) is 2.40. The fourth-order valence-electron chi connectivity index (χ4n) is 3.40. The van der Waals surface area contributed by atoms with Gasteiger partial charge in [-0.1, -0.05) is 24.3 Å². The molecule has 0 bridgehead atoms. The summed E-state index contributed by atoms with van der Waals surface area (Å²) in [5, 5.41) is 11.8. The summed E-state index contributed by atoms with van der Waals surface area (Å²) in [6.07, 6.45) is 0. The molecule has 0 N–H and O–H groups in total. The summed E-state index contributed by atoms with van der Waals surface area (Å²) in [5.74, 6) is -2.83. The first-order chi connectivity index (χ1) is 14.3. The zero-order valence-corrected chi connectivity index (χ0v) is 16.3. The van der Waals surface area contributed by atoms with Gasteiger partial charge >= 0.3 is 5.97 Å². The molecule has 9 heteroatoms. The topological polar surface area (TPSA) is 124 Å². The number of rotatable bonds is 6. The molecule has 30 heavy (non-hydrogen) atoms.